The lowest BCUT2D eigenvalue weighted by Crippen LogP contribution is -2.58. The molecule has 4 aliphatic rings. The van der Waals surface area contributed by atoms with Crippen molar-refractivity contribution in [2.45, 2.75) is 74.1 Å². The summed E-state index contributed by atoms with van der Waals surface area (Å²) in [5.74, 6) is 1.03. The third kappa shape index (κ3) is 2.88. The molecular weight excluding hydrogens is 432 g/mol. The minimum Gasteiger partial charge on any atom is -0.0996 e. The van der Waals surface area contributed by atoms with E-state index in [0.29, 0.717) is 11.8 Å². The first-order valence-corrected chi connectivity index (χ1v) is 13.7. The molecule has 1 fully saturated rings. The van der Waals surface area contributed by atoms with Gasteiger partial charge in [-0.05, 0) is 115 Å². The number of allylic oxidation sites excluding steroid dienone is 9. The minimum absolute atomic E-state index is 0.0299. The molecule has 0 spiro atoms. The van der Waals surface area contributed by atoms with E-state index in [0.717, 1.165) is 18.4 Å². The maximum Gasteiger partial charge on any atom is 0.0217 e. The molecule has 0 radical (unpaired) electrons. The first-order valence-electron chi connectivity index (χ1n) is 13.7. The van der Waals surface area contributed by atoms with Crippen molar-refractivity contribution >= 4 is 11.1 Å². The maximum atomic E-state index is 4.86. The van der Waals surface area contributed by atoms with Gasteiger partial charge in [0.15, 0.2) is 0 Å². The molecule has 1 saturated carbocycles. The summed E-state index contributed by atoms with van der Waals surface area (Å²) in [4.78, 5) is 0. The van der Waals surface area contributed by atoms with Crippen molar-refractivity contribution in [3.8, 4) is 0 Å². The van der Waals surface area contributed by atoms with Gasteiger partial charge in [-0.15, -0.1) is 0 Å². The van der Waals surface area contributed by atoms with E-state index in [2.05, 4.69) is 79.8 Å². The summed E-state index contributed by atoms with van der Waals surface area (Å²) in [7, 11) is 0. The first kappa shape index (κ1) is 25.1. The molecule has 1 aromatic carbocycles. The van der Waals surface area contributed by atoms with Gasteiger partial charge < -0.3 is 0 Å². The minimum atomic E-state index is -0.213. The lowest BCUT2D eigenvalue weighted by molar-refractivity contribution is -0.00528. The Morgan fingerprint density at radius 3 is 2.19 bits per heavy atom. The van der Waals surface area contributed by atoms with Crippen LogP contribution in [0.1, 0.15) is 83.9 Å². The fraction of sp³-hybridized carbons (Fsp3) is 0.444. The fourth-order valence-corrected chi connectivity index (χ4v) is 8.84. The monoisotopic (exact) mass is 476 g/mol. The second-order valence-corrected chi connectivity index (χ2v) is 13.0. The van der Waals surface area contributed by atoms with Crippen molar-refractivity contribution in [2.75, 3.05) is 0 Å². The van der Waals surface area contributed by atoms with E-state index in [9.17, 15) is 0 Å². The summed E-state index contributed by atoms with van der Waals surface area (Å²) in [6.45, 7) is 40.0. The Morgan fingerprint density at radius 1 is 0.972 bits per heavy atom. The average molecular weight is 477 g/mol. The number of aryl methyl sites for hydroxylation is 1. The molecule has 0 aromatic heterocycles. The van der Waals surface area contributed by atoms with E-state index in [4.69, 9.17) is 19.7 Å². The molecule has 1 aromatic rings. The Labute approximate surface area is 220 Å². The molecular formula is C36H44. The molecule has 4 atom stereocenters. The number of benzene rings is 1. The molecule has 0 heteroatoms. The van der Waals surface area contributed by atoms with Gasteiger partial charge in [-0.3, -0.25) is 0 Å². The van der Waals surface area contributed by atoms with Crippen molar-refractivity contribution in [3.05, 3.63) is 107 Å². The summed E-state index contributed by atoms with van der Waals surface area (Å²) >= 11 is 0. The van der Waals surface area contributed by atoms with Gasteiger partial charge in [-0.2, -0.15) is 0 Å². The van der Waals surface area contributed by atoms with Crippen molar-refractivity contribution in [1.82, 2.24) is 0 Å². The topological polar surface area (TPSA) is 0 Å². The van der Waals surface area contributed by atoms with Gasteiger partial charge in [0.2, 0.25) is 0 Å². The van der Waals surface area contributed by atoms with E-state index in [1.165, 1.54) is 74.1 Å². The zero-order valence-electron chi connectivity index (χ0n) is 23.8. The second-order valence-electron chi connectivity index (χ2n) is 13.0. The van der Waals surface area contributed by atoms with Gasteiger partial charge in [0, 0.05) is 10.8 Å². The van der Waals surface area contributed by atoms with Gasteiger partial charge in [-0.1, -0.05) is 94.2 Å². The van der Waals surface area contributed by atoms with Crippen LogP contribution in [0, 0.1) is 35.0 Å². The van der Waals surface area contributed by atoms with Crippen LogP contribution < -0.4 is 0 Å². The predicted octanol–water partition coefficient (Wildman–Crippen LogP) is 10.2. The standard InChI is InChI=1S/C36H44/c1-20(2)31-23(5)19-34(10)30(18-22(4)28-16-17-28)35(11)25(7)29-15-13-14-21(3)32(29)24(6)33(35)27(9)36(34,12)26(31)8/h13-15,28,30H,1,4,6-8,16-19H2,2-3,5,9-12H3/t30-,34-,35+,36+/m0/s1. The van der Waals surface area contributed by atoms with Crippen molar-refractivity contribution in [3.63, 3.8) is 0 Å². The molecule has 0 N–H and O–H groups in total. The van der Waals surface area contributed by atoms with Crippen LogP contribution in [0.25, 0.3) is 11.1 Å². The summed E-state index contributed by atoms with van der Waals surface area (Å²) in [6, 6.07) is 6.65. The lowest BCUT2D eigenvalue weighted by Gasteiger charge is -2.67. The van der Waals surface area contributed by atoms with E-state index in [1.807, 2.05) is 0 Å². The van der Waals surface area contributed by atoms with E-state index in [1.54, 1.807) is 0 Å². The molecule has 0 aliphatic heterocycles. The Kier molecular flexibility index (Phi) is 5.36. The molecule has 0 unspecified atom stereocenters. The highest BCUT2D eigenvalue weighted by Crippen LogP contribution is 2.75. The van der Waals surface area contributed by atoms with Crippen LogP contribution in [0.4, 0.5) is 0 Å². The van der Waals surface area contributed by atoms with Gasteiger partial charge in [0.1, 0.15) is 0 Å². The van der Waals surface area contributed by atoms with E-state index >= 15 is 0 Å². The summed E-state index contributed by atoms with van der Waals surface area (Å²) in [5, 5.41) is 0. The van der Waals surface area contributed by atoms with Crippen molar-refractivity contribution in [2.24, 2.45) is 28.1 Å². The van der Waals surface area contributed by atoms with Gasteiger partial charge >= 0.3 is 0 Å². The average Bonchev–Trinajstić information content (AvgIpc) is 3.63. The molecule has 36 heavy (non-hydrogen) atoms. The first-order chi connectivity index (χ1) is 16.7. The van der Waals surface area contributed by atoms with Crippen LogP contribution in [-0.4, -0.2) is 0 Å². The Hall–Kier alpha value is -2.60. The predicted molar refractivity (Wildman–Crippen MR) is 158 cm³/mol. The van der Waals surface area contributed by atoms with Crippen molar-refractivity contribution < 1.29 is 0 Å². The number of rotatable bonds is 4. The highest BCUT2D eigenvalue weighted by atomic mass is 14.7. The highest BCUT2D eigenvalue weighted by molar-refractivity contribution is 5.98. The molecule has 0 bridgehead atoms. The molecule has 0 saturated heterocycles. The molecule has 0 heterocycles. The van der Waals surface area contributed by atoms with Gasteiger partial charge in [0.25, 0.3) is 0 Å². The molecule has 188 valence electrons. The normalized spacial score (nSPS) is 33.9. The molecule has 0 amide bonds. The molecule has 0 nitrogen and oxygen atoms in total. The zero-order chi connectivity index (χ0) is 26.5. The van der Waals surface area contributed by atoms with Gasteiger partial charge in [-0.25, -0.2) is 0 Å². The number of hydrogen-bond donors (Lipinski definition) is 0. The van der Waals surface area contributed by atoms with E-state index in [-0.39, 0.29) is 16.2 Å². The SMILES string of the molecule is C=C(C)C1=C(C)C[C@@]2(C)[C@H](CC(=C)C3CC3)[C@@]3(C)C(=C)c4cccc(C)c4C(=C)C3=C(C)[C@@]2(C)C1=C. The molecule has 4 aliphatic carbocycles. The largest absolute Gasteiger partial charge is 0.0996 e. The summed E-state index contributed by atoms with van der Waals surface area (Å²) < 4.78 is 0. The van der Waals surface area contributed by atoms with E-state index < -0.39 is 0 Å². The number of fused-ring (bicyclic) bond motifs is 3. The second kappa shape index (κ2) is 7.70. The lowest BCUT2D eigenvalue weighted by atomic mass is 9.36. The van der Waals surface area contributed by atoms with Crippen LogP contribution in [0.3, 0.4) is 0 Å². The van der Waals surface area contributed by atoms with Crippen LogP contribution in [-0.2, 0) is 0 Å². The van der Waals surface area contributed by atoms with Crippen LogP contribution >= 0.6 is 0 Å². The smallest absolute Gasteiger partial charge is 0.0217 e. The number of hydrogen-bond acceptors (Lipinski definition) is 0. The Bertz CT molecular complexity index is 1350. The quantitative estimate of drug-likeness (QED) is 0.379. The molecule has 5 rings (SSSR count). The highest BCUT2D eigenvalue weighted by Gasteiger charge is 2.65. The Balaban J connectivity index is 1.87. The Morgan fingerprint density at radius 2 is 1.61 bits per heavy atom. The van der Waals surface area contributed by atoms with Crippen molar-refractivity contribution in [1.29, 1.82) is 0 Å². The van der Waals surface area contributed by atoms with Gasteiger partial charge in [0.05, 0.1) is 0 Å². The summed E-state index contributed by atoms with van der Waals surface area (Å²) in [6.07, 6.45) is 4.65. The van der Waals surface area contributed by atoms with Crippen LogP contribution in [0.15, 0.2) is 90.1 Å². The summed E-state index contributed by atoms with van der Waals surface area (Å²) in [5.41, 5.74) is 15.1. The third-order valence-electron chi connectivity index (χ3n) is 11.1. The zero-order valence-corrected chi connectivity index (χ0v) is 23.8. The fourth-order valence-electron chi connectivity index (χ4n) is 8.84. The van der Waals surface area contributed by atoms with Crippen LogP contribution in [0.2, 0.25) is 0 Å². The maximum absolute atomic E-state index is 4.86. The van der Waals surface area contributed by atoms with Crippen LogP contribution in [0.5, 0.6) is 0 Å². The third-order valence-corrected chi connectivity index (χ3v) is 11.1.